The summed E-state index contributed by atoms with van der Waals surface area (Å²) in [6, 6.07) is 108. The van der Waals surface area contributed by atoms with E-state index >= 15 is 0 Å². The van der Waals surface area contributed by atoms with Crippen LogP contribution < -0.4 is 19.6 Å². The Morgan fingerprint density at radius 2 is 0.882 bits per heavy atom. The van der Waals surface area contributed by atoms with Gasteiger partial charge in [0.2, 0.25) is 0 Å². The molecule has 0 amide bonds. The van der Waals surface area contributed by atoms with Crippen molar-refractivity contribution in [1.82, 2.24) is 0 Å². The third-order valence-corrected chi connectivity index (χ3v) is 22.0. The fourth-order valence-electron chi connectivity index (χ4n) is 17.1. The minimum absolute atomic E-state index is 0.0659. The van der Waals surface area contributed by atoms with E-state index < -0.39 is 5.41 Å². The average molecular weight is 1320 g/mol. The van der Waals surface area contributed by atoms with Crippen LogP contribution in [0.5, 0.6) is 5.75 Å². The summed E-state index contributed by atoms with van der Waals surface area (Å²) in [6.45, 7) is 0. The van der Waals surface area contributed by atoms with Crippen LogP contribution in [-0.4, -0.2) is 11.1 Å². The highest BCUT2D eigenvalue weighted by molar-refractivity contribution is 5.83. The van der Waals surface area contributed by atoms with Crippen LogP contribution >= 0.6 is 0 Å². The smallest absolute Gasteiger partial charge is 0.115 e. The second kappa shape index (κ2) is 28.4. The Morgan fingerprint density at radius 3 is 1.42 bits per heavy atom. The molecule has 11 aromatic rings. The van der Waals surface area contributed by atoms with E-state index in [-0.39, 0.29) is 29.5 Å². The van der Waals surface area contributed by atoms with Crippen LogP contribution in [-0.2, 0) is 5.41 Å². The summed E-state index contributed by atoms with van der Waals surface area (Å²) in [5.74, 6) is 1.08. The molecule has 0 aromatic heterocycles. The van der Waals surface area contributed by atoms with E-state index in [2.05, 4.69) is 384 Å². The highest BCUT2D eigenvalue weighted by Crippen LogP contribution is 2.63. The predicted octanol–water partition coefficient (Wildman–Crippen LogP) is 25.1. The number of hydrogen-bond acceptors (Lipinski definition) is 5. The molecule has 0 saturated heterocycles. The van der Waals surface area contributed by atoms with E-state index in [1.807, 2.05) is 12.1 Å². The molecule has 5 heteroatoms. The number of anilines is 9. The van der Waals surface area contributed by atoms with Crippen molar-refractivity contribution in [1.29, 1.82) is 0 Å². The van der Waals surface area contributed by atoms with Gasteiger partial charge in [0.15, 0.2) is 0 Å². The molecule has 6 atom stereocenters. The van der Waals surface area contributed by atoms with Gasteiger partial charge in [0.1, 0.15) is 5.75 Å². The van der Waals surface area contributed by atoms with Crippen LogP contribution in [0.1, 0.15) is 84.6 Å². The quantitative estimate of drug-likeness (QED) is 0.0926. The molecule has 0 bridgehead atoms. The standard InChI is InChI=1S/C97H82N4O/c102-92-64-50-79(51-65-92)97(78-22-8-1-9-23-78)95-68-76(74-44-60-90(61-45-74)100(84-32-18-6-19-33-84)88-56-40-72(41-57-88)70-36-52-86(53-37-70)98(80-24-10-2-11-25-80)81-26-12-3-13-27-81)48-66-93(95)94-67-49-77(69-96(94)97)75-46-62-91(63-47-75)101(85-34-20-7-21-35-85)89-58-42-73(43-59-89)71-38-54-87(55-39-71)99(82-28-14-4-15-29-82)83-30-16-5-17-31-83/h1-20,22-30,32-34,36-41,44-58,60-67,69,73,76,83,94,96,102H,21,31,35,42-43,59,68H2. The lowest BCUT2D eigenvalue weighted by molar-refractivity contribution is 0.415. The first kappa shape index (κ1) is 63.5. The summed E-state index contributed by atoms with van der Waals surface area (Å²) in [4.78, 5) is 9.71. The summed E-state index contributed by atoms with van der Waals surface area (Å²) in [7, 11) is 0. The number of rotatable bonds is 18. The molecule has 0 fully saturated rings. The largest absolute Gasteiger partial charge is 0.508 e. The lowest BCUT2D eigenvalue weighted by Gasteiger charge is -2.42. The van der Waals surface area contributed by atoms with Gasteiger partial charge >= 0.3 is 0 Å². The van der Waals surface area contributed by atoms with Crippen LogP contribution in [0.3, 0.4) is 0 Å². The van der Waals surface area contributed by atoms with Gasteiger partial charge in [-0.3, -0.25) is 0 Å². The molecule has 1 N–H and O–H groups in total. The second-order valence-electron chi connectivity index (χ2n) is 27.8. The fourth-order valence-corrected chi connectivity index (χ4v) is 17.1. The van der Waals surface area contributed by atoms with Crippen molar-refractivity contribution in [3.05, 3.63) is 427 Å². The van der Waals surface area contributed by atoms with Gasteiger partial charge < -0.3 is 24.7 Å². The Morgan fingerprint density at radius 1 is 0.382 bits per heavy atom. The van der Waals surface area contributed by atoms with Gasteiger partial charge in [-0.25, -0.2) is 0 Å². The Balaban J connectivity index is 0.639. The van der Waals surface area contributed by atoms with Gasteiger partial charge in [-0.1, -0.05) is 249 Å². The predicted molar refractivity (Wildman–Crippen MR) is 426 cm³/mol. The van der Waals surface area contributed by atoms with Crippen LogP contribution in [0.4, 0.5) is 51.2 Å². The molecule has 5 nitrogen and oxygen atoms in total. The molecular formula is C97H82N4O. The fraction of sp³-hybridized carbons (Fsp3) is 0.134. The van der Waals surface area contributed by atoms with E-state index in [4.69, 9.17) is 0 Å². The number of allylic oxidation sites excluding steroid dienone is 16. The zero-order chi connectivity index (χ0) is 68.2. The Kier molecular flexibility index (Phi) is 17.7. The molecule has 0 heterocycles. The van der Waals surface area contributed by atoms with Gasteiger partial charge in [0.05, 0.1) is 6.04 Å². The van der Waals surface area contributed by atoms with Gasteiger partial charge in [0.25, 0.3) is 0 Å². The summed E-state index contributed by atoms with van der Waals surface area (Å²) < 4.78 is 0. The number of nitrogens with zero attached hydrogens (tertiary/aromatic N) is 4. The number of benzene rings is 11. The summed E-state index contributed by atoms with van der Waals surface area (Å²) in [5.41, 5.74) is 25.3. The van der Waals surface area contributed by atoms with Crippen molar-refractivity contribution in [2.75, 3.05) is 19.6 Å². The molecule has 0 saturated carbocycles. The van der Waals surface area contributed by atoms with Crippen molar-refractivity contribution in [3.63, 3.8) is 0 Å². The topological polar surface area (TPSA) is 33.2 Å². The first-order valence-electron chi connectivity index (χ1n) is 36.4. The van der Waals surface area contributed by atoms with Gasteiger partial charge in [0, 0.05) is 85.7 Å². The first-order valence-corrected chi connectivity index (χ1v) is 36.4. The number of para-hydroxylation sites is 4. The normalized spacial score (nSPS) is 20.2. The zero-order valence-electron chi connectivity index (χ0n) is 57.4. The van der Waals surface area contributed by atoms with E-state index in [1.165, 1.54) is 73.0 Å². The molecule has 496 valence electrons. The van der Waals surface area contributed by atoms with Crippen LogP contribution in [0.25, 0.3) is 16.7 Å². The third kappa shape index (κ3) is 12.4. The van der Waals surface area contributed by atoms with E-state index in [9.17, 15) is 5.11 Å². The Labute approximate surface area is 601 Å². The molecular weight excluding hydrogens is 1240 g/mol. The Hall–Kier alpha value is -11.9. The van der Waals surface area contributed by atoms with Crippen LogP contribution in [0.2, 0.25) is 0 Å². The van der Waals surface area contributed by atoms with E-state index in [0.717, 1.165) is 90.2 Å². The molecule has 0 spiro atoms. The number of phenolic OH excluding ortho intramolecular Hbond substituents is 1. The van der Waals surface area contributed by atoms with Gasteiger partial charge in [-0.05, 0) is 234 Å². The van der Waals surface area contributed by atoms with E-state index in [1.54, 1.807) is 0 Å². The third-order valence-electron chi connectivity index (χ3n) is 22.0. The molecule has 6 aliphatic carbocycles. The van der Waals surface area contributed by atoms with Gasteiger partial charge in [-0.15, -0.1) is 0 Å². The van der Waals surface area contributed by atoms with Crippen molar-refractivity contribution < 1.29 is 5.11 Å². The highest BCUT2D eigenvalue weighted by Gasteiger charge is 2.55. The van der Waals surface area contributed by atoms with Gasteiger partial charge in [-0.2, -0.15) is 0 Å². The minimum atomic E-state index is -0.519. The highest BCUT2D eigenvalue weighted by atomic mass is 16.3. The number of fused-ring (bicyclic) bond motifs is 2. The molecule has 6 aliphatic rings. The van der Waals surface area contributed by atoms with Crippen LogP contribution in [0.15, 0.2) is 399 Å². The molecule has 0 aliphatic heterocycles. The lowest BCUT2D eigenvalue weighted by Crippen LogP contribution is -2.37. The summed E-state index contributed by atoms with van der Waals surface area (Å²) in [5, 5.41) is 11.0. The number of phenols is 1. The van der Waals surface area contributed by atoms with Crippen molar-refractivity contribution in [2.45, 2.75) is 68.2 Å². The summed E-state index contributed by atoms with van der Waals surface area (Å²) >= 11 is 0. The maximum absolute atomic E-state index is 11.0. The molecule has 11 aromatic carbocycles. The first-order chi connectivity index (χ1) is 50.5. The van der Waals surface area contributed by atoms with Crippen molar-refractivity contribution >= 4 is 56.8 Å². The summed E-state index contributed by atoms with van der Waals surface area (Å²) in [6.07, 6.45) is 37.7. The van der Waals surface area contributed by atoms with E-state index in [0.29, 0.717) is 5.92 Å². The SMILES string of the molecule is Oc1ccc(C2(c3ccccc3)C3=C(C=CC(c4ccc(N(c5ccccc5)c5ccc(-c6ccc(N(c7ccccc7)c7ccccc7)cc6)cc5)cc4)C3)C3C=CC(c4ccc(N(C5=CC=CCC5)C5=CCC(c6ccc(N(c7ccccc7)C7C=CC=CC7)cc6)CC5)cc4)=CC32)cc1. The Bertz CT molecular complexity index is 5010. The second-order valence-corrected chi connectivity index (χ2v) is 27.8. The maximum Gasteiger partial charge on any atom is 0.115 e. The minimum Gasteiger partial charge on any atom is -0.508 e. The number of aromatic hydroxyl groups is 1. The van der Waals surface area contributed by atoms with Crippen molar-refractivity contribution in [3.8, 4) is 16.9 Å². The molecule has 0 radical (unpaired) electrons. The lowest BCUT2D eigenvalue weighted by atomic mass is 9.60. The molecule has 17 rings (SSSR count). The monoisotopic (exact) mass is 1320 g/mol. The van der Waals surface area contributed by atoms with Crippen LogP contribution in [0, 0.1) is 11.8 Å². The van der Waals surface area contributed by atoms with Crippen molar-refractivity contribution in [2.24, 2.45) is 11.8 Å². The number of hydrogen-bond donors (Lipinski definition) is 1. The zero-order valence-corrected chi connectivity index (χ0v) is 57.4. The molecule has 102 heavy (non-hydrogen) atoms. The maximum atomic E-state index is 11.0. The average Bonchev–Trinajstić information content (AvgIpc) is 1.54. The molecule has 6 unspecified atom stereocenters.